The summed E-state index contributed by atoms with van der Waals surface area (Å²) in [6.07, 6.45) is 1.84. The molecule has 5 heteroatoms. The molecule has 0 bridgehead atoms. The van der Waals surface area contributed by atoms with Crippen molar-refractivity contribution in [3.05, 3.63) is 29.8 Å². The maximum absolute atomic E-state index is 12.0. The summed E-state index contributed by atoms with van der Waals surface area (Å²) in [5.74, 6) is 0. The molecule has 0 aliphatic heterocycles. The van der Waals surface area contributed by atoms with Gasteiger partial charge in [-0.3, -0.25) is 0 Å². The van der Waals surface area contributed by atoms with Gasteiger partial charge in [-0.2, -0.15) is 0 Å². The Morgan fingerprint density at radius 3 is 2.29 bits per heavy atom. The highest BCUT2D eigenvalue weighted by Crippen LogP contribution is 2.35. The Kier molecular flexibility index (Phi) is 3.25. The Labute approximate surface area is 102 Å². The second-order valence-electron chi connectivity index (χ2n) is 4.84. The van der Waals surface area contributed by atoms with Crippen LogP contribution < -0.4 is 10.0 Å². The molecule has 0 spiro atoms. The molecule has 0 heterocycles. The maximum atomic E-state index is 12.0. The number of hydrogen-bond donors (Lipinski definition) is 2. The van der Waals surface area contributed by atoms with Crippen molar-refractivity contribution >= 4 is 10.0 Å². The van der Waals surface area contributed by atoms with Crippen molar-refractivity contribution in [2.75, 3.05) is 7.05 Å². The highest BCUT2D eigenvalue weighted by molar-refractivity contribution is 7.89. The predicted octanol–water partition coefficient (Wildman–Crippen LogP) is 1.24. The average Bonchev–Trinajstić information content (AvgIpc) is 2.96. The molecule has 1 aromatic carbocycles. The van der Waals surface area contributed by atoms with Gasteiger partial charge in [0, 0.05) is 12.1 Å². The van der Waals surface area contributed by atoms with Crippen LogP contribution in [-0.4, -0.2) is 21.0 Å². The van der Waals surface area contributed by atoms with Crippen molar-refractivity contribution in [3.63, 3.8) is 0 Å². The van der Waals surface area contributed by atoms with E-state index in [1.165, 1.54) is 0 Å². The second-order valence-corrected chi connectivity index (χ2v) is 6.52. The first-order valence-electron chi connectivity index (χ1n) is 5.73. The van der Waals surface area contributed by atoms with Crippen LogP contribution in [-0.2, 0) is 16.6 Å². The lowest BCUT2D eigenvalue weighted by molar-refractivity contribution is 0.558. The van der Waals surface area contributed by atoms with E-state index in [4.69, 9.17) is 0 Å². The molecule has 0 amide bonds. The van der Waals surface area contributed by atoms with Crippen molar-refractivity contribution < 1.29 is 8.42 Å². The van der Waals surface area contributed by atoms with E-state index in [0.717, 1.165) is 24.9 Å². The molecule has 1 fully saturated rings. The summed E-state index contributed by atoms with van der Waals surface area (Å²) in [5.41, 5.74) is 0.853. The number of sulfonamides is 1. The van der Waals surface area contributed by atoms with Crippen LogP contribution >= 0.6 is 0 Å². The zero-order valence-electron chi connectivity index (χ0n) is 10.2. The Morgan fingerprint density at radius 1 is 1.24 bits per heavy atom. The van der Waals surface area contributed by atoms with Crippen molar-refractivity contribution in [2.45, 2.75) is 36.7 Å². The molecular weight excluding hydrogens is 236 g/mol. The Hall–Kier alpha value is -0.910. The fourth-order valence-corrected chi connectivity index (χ4v) is 3.13. The molecule has 4 nitrogen and oxygen atoms in total. The van der Waals surface area contributed by atoms with E-state index in [9.17, 15) is 8.42 Å². The van der Waals surface area contributed by atoms with Gasteiger partial charge in [0.2, 0.25) is 10.0 Å². The number of rotatable bonds is 5. The summed E-state index contributed by atoms with van der Waals surface area (Å²) >= 11 is 0. The van der Waals surface area contributed by atoms with Crippen LogP contribution in [0.25, 0.3) is 0 Å². The standard InChI is InChI=1S/C12H18N2O2S/c1-12(7-8-12)14-17(15,16)11-5-3-10(4-6-11)9-13-2/h3-6,13-14H,7-9H2,1-2H3. The molecule has 0 saturated heterocycles. The van der Waals surface area contributed by atoms with E-state index < -0.39 is 10.0 Å². The van der Waals surface area contributed by atoms with Gasteiger partial charge < -0.3 is 5.32 Å². The van der Waals surface area contributed by atoms with Gasteiger partial charge in [0.25, 0.3) is 0 Å². The molecule has 0 aromatic heterocycles. The maximum Gasteiger partial charge on any atom is 0.241 e. The normalized spacial score (nSPS) is 18.0. The lowest BCUT2D eigenvalue weighted by Crippen LogP contribution is -2.34. The third-order valence-corrected chi connectivity index (χ3v) is 4.65. The molecule has 2 N–H and O–H groups in total. The Bertz CT molecular complexity index is 490. The monoisotopic (exact) mass is 254 g/mol. The lowest BCUT2D eigenvalue weighted by Gasteiger charge is -2.12. The smallest absolute Gasteiger partial charge is 0.241 e. The van der Waals surface area contributed by atoms with Crippen LogP contribution in [0.3, 0.4) is 0 Å². The van der Waals surface area contributed by atoms with Gasteiger partial charge in [-0.1, -0.05) is 12.1 Å². The topological polar surface area (TPSA) is 58.2 Å². The second kappa shape index (κ2) is 4.40. The fourth-order valence-electron chi connectivity index (χ4n) is 1.66. The number of benzene rings is 1. The van der Waals surface area contributed by atoms with Crippen molar-refractivity contribution in [2.24, 2.45) is 0 Å². The molecule has 94 valence electrons. The summed E-state index contributed by atoms with van der Waals surface area (Å²) in [6, 6.07) is 6.97. The van der Waals surface area contributed by atoms with Gasteiger partial charge in [0.15, 0.2) is 0 Å². The third-order valence-electron chi connectivity index (χ3n) is 3.00. The summed E-state index contributed by atoms with van der Waals surface area (Å²) in [5, 5.41) is 3.03. The van der Waals surface area contributed by atoms with E-state index >= 15 is 0 Å². The minimum absolute atomic E-state index is 0.220. The van der Waals surface area contributed by atoms with Crippen LogP contribution in [0.5, 0.6) is 0 Å². The molecule has 17 heavy (non-hydrogen) atoms. The van der Waals surface area contributed by atoms with Crippen molar-refractivity contribution in [1.29, 1.82) is 0 Å². The van der Waals surface area contributed by atoms with E-state index in [-0.39, 0.29) is 5.54 Å². The van der Waals surface area contributed by atoms with Gasteiger partial charge in [0.1, 0.15) is 0 Å². The highest BCUT2D eigenvalue weighted by atomic mass is 32.2. The number of hydrogen-bond acceptors (Lipinski definition) is 3. The molecule has 1 aromatic rings. The first kappa shape index (κ1) is 12.5. The summed E-state index contributed by atoms with van der Waals surface area (Å²) in [4.78, 5) is 0.338. The molecular formula is C12H18N2O2S. The van der Waals surface area contributed by atoms with E-state index in [2.05, 4.69) is 10.0 Å². The minimum Gasteiger partial charge on any atom is -0.316 e. The Morgan fingerprint density at radius 2 is 1.82 bits per heavy atom. The molecule has 0 unspecified atom stereocenters. The largest absolute Gasteiger partial charge is 0.316 e. The Balaban J connectivity index is 2.15. The van der Waals surface area contributed by atoms with Crippen LogP contribution in [0.2, 0.25) is 0 Å². The van der Waals surface area contributed by atoms with E-state index in [1.807, 2.05) is 26.1 Å². The molecule has 2 rings (SSSR count). The zero-order chi connectivity index (χ0) is 12.5. The minimum atomic E-state index is -3.36. The lowest BCUT2D eigenvalue weighted by atomic mass is 10.2. The van der Waals surface area contributed by atoms with Crippen LogP contribution in [0.4, 0.5) is 0 Å². The van der Waals surface area contributed by atoms with Gasteiger partial charge in [-0.15, -0.1) is 0 Å². The van der Waals surface area contributed by atoms with Gasteiger partial charge in [0.05, 0.1) is 4.90 Å². The summed E-state index contributed by atoms with van der Waals surface area (Å²) in [7, 11) is -1.50. The third kappa shape index (κ3) is 3.06. The quantitative estimate of drug-likeness (QED) is 0.831. The SMILES string of the molecule is CNCc1ccc(S(=O)(=O)NC2(C)CC2)cc1. The molecule has 1 aliphatic rings. The average molecular weight is 254 g/mol. The molecule has 1 saturated carbocycles. The molecule has 0 atom stereocenters. The van der Waals surface area contributed by atoms with Gasteiger partial charge in [-0.05, 0) is 44.5 Å². The van der Waals surface area contributed by atoms with Crippen LogP contribution in [0.1, 0.15) is 25.3 Å². The van der Waals surface area contributed by atoms with Crippen molar-refractivity contribution in [1.82, 2.24) is 10.0 Å². The van der Waals surface area contributed by atoms with E-state index in [1.54, 1.807) is 12.1 Å². The summed E-state index contributed by atoms with van der Waals surface area (Å²) in [6.45, 7) is 2.67. The predicted molar refractivity (Wildman–Crippen MR) is 67.2 cm³/mol. The summed E-state index contributed by atoms with van der Waals surface area (Å²) < 4.78 is 26.8. The van der Waals surface area contributed by atoms with Crippen LogP contribution in [0.15, 0.2) is 29.2 Å². The molecule has 0 radical (unpaired) electrons. The highest BCUT2D eigenvalue weighted by Gasteiger charge is 2.41. The number of nitrogens with one attached hydrogen (secondary N) is 2. The van der Waals surface area contributed by atoms with Gasteiger partial charge >= 0.3 is 0 Å². The fraction of sp³-hybridized carbons (Fsp3) is 0.500. The van der Waals surface area contributed by atoms with E-state index in [0.29, 0.717) is 4.90 Å². The van der Waals surface area contributed by atoms with Crippen molar-refractivity contribution in [3.8, 4) is 0 Å². The van der Waals surface area contributed by atoms with Crippen LogP contribution in [0, 0.1) is 0 Å². The zero-order valence-corrected chi connectivity index (χ0v) is 11.0. The molecule has 1 aliphatic carbocycles. The first-order valence-corrected chi connectivity index (χ1v) is 7.21. The first-order chi connectivity index (χ1) is 7.95. The van der Waals surface area contributed by atoms with Gasteiger partial charge in [-0.25, -0.2) is 13.1 Å².